The van der Waals surface area contributed by atoms with Gasteiger partial charge in [-0.15, -0.1) is 6.58 Å². The first-order valence-electron chi connectivity index (χ1n) is 6.00. The summed E-state index contributed by atoms with van der Waals surface area (Å²) in [7, 11) is 0. The average Bonchev–Trinajstić information content (AvgIpc) is 2.35. The Balaban J connectivity index is 2.82. The predicted octanol–water partition coefficient (Wildman–Crippen LogP) is 2.73. The summed E-state index contributed by atoms with van der Waals surface area (Å²) in [5.41, 5.74) is 1.42. The van der Waals surface area contributed by atoms with E-state index in [1.54, 1.807) is 30.0 Å². The zero-order valence-electron chi connectivity index (χ0n) is 11.1. The van der Waals surface area contributed by atoms with E-state index < -0.39 is 5.97 Å². The molecular weight excluding hydrogens is 244 g/mol. The molecule has 0 aliphatic carbocycles. The highest BCUT2D eigenvalue weighted by molar-refractivity contribution is 5.92. The maximum absolute atomic E-state index is 11.9. The summed E-state index contributed by atoms with van der Waals surface area (Å²) in [6.45, 7) is 8.21. The van der Waals surface area contributed by atoms with Gasteiger partial charge in [0.1, 0.15) is 0 Å². The van der Waals surface area contributed by atoms with Gasteiger partial charge in [0.05, 0.1) is 5.56 Å². The molecule has 19 heavy (non-hydrogen) atoms. The van der Waals surface area contributed by atoms with Gasteiger partial charge in [0, 0.05) is 18.8 Å². The minimum Gasteiger partial charge on any atom is -0.478 e. The molecule has 102 valence electrons. The molecule has 2 amide bonds. The minimum absolute atomic E-state index is 0.232. The number of carbonyl (C=O) groups is 2. The number of aromatic carboxylic acids is 1. The Kier molecular flexibility index (Phi) is 5.11. The third-order valence-electron chi connectivity index (χ3n) is 2.73. The number of benzene rings is 1. The Morgan fingerprint density at radius 1 is 1.47 bits per heavy atom. The summed E-state index contributed by atoms with van der Waals surface area (Å²) in [6, 6.07) is 4.47. The number of likely N-dealkylation sites (N-methyl/N-ethyl adjacent to an activating group) is 1. The fourth-order valence-electron chi connectivity index (χ4n) is 1.70. The van der Waals surface area contributed by atoms with Gasteiger partial charge < -0.3 is 15.3 Å². The molecule has 0 atom stereocenters. The second-order valence-corrected chi connectivity index (χ2v) is 4.09. The maximum Gasteiger partial charge on any atom is 0.335 e. The van der Waals surface area contributed by atoms with Crippen LogP contribution in [-0.4, -0.2) is 35.1 Å². The standard InChI is InChI=1S/C14H18N2O3/c1-4-8-16(5-2)14(19)15-11-6-7-12(13(17)18)10(3)9-11/h4,6-7,9H,1,5,8H2,2-3H3,(H,15,19)(H,17,18). The van der Waals surface area contributed by atoms with Gasteiger partial charge in [0.25, 0.3) is 0 Å². The molecule has 0 saturated carbocycles. The number of anilines is 1. The average molecular weight is 262 g/mol. The van der Waals surface area contributed by atoms with E-state index in [1.807, 2.05) is 6.92 Å². The Hall–Kier alpha value is -2.30. The molecule has 0 aliphatic rings. The van der Waals surface area contributed by atoms with Crippen LogP contribution in [0.15, 0.2) is 30.9 Å². The Labute approximate surface area is 112 Å². The highest BCUT2D eigenvalue weighted by Gasteiger charge is 2.12. The van der Waals surface area contributed by atoms with Gasteiger partial charge in [-0.1, -0.05) is 6.08 Å². The first-order valence-corrected chi connectivity index (χ1v) is 6.00. The molecule has 0 unspecified atom stereocenters. The van der Waals surface area contributed by atoms with Crippen molar-refractivity contribution >= 4 is 17.7 Å². The number of aryl methyl sites for hydroxylation is 1. The van der Waals surface area contributed by atoms with Gasteiger partial charge in [-0.05, 0) is 37.6 Å². The van der Waals surface area contributed by atoms with E-state index in [0.29, 0.717) is 24.3 Å². The fraction of sp³-hybridized carbons (Fsp3) is 0.286. The minimum atomic E-state index is -0.975. The van der Waals surface area contributed by atoms with E-state index in [2.05, 4.69) is 11.9 Å². The molecule has 1 aromatic rings. The molecule has 1 aromatic carbocycles. The molecule has 0 aromatic heterocycles. The van der Waals surface area contributed by atoms with E-state index in [-0.39, 0.29) is 11.6 Å². The summed E-state index contributed by atoms with van der Waals surface area (Å²) < 4.78 is 0. The largest absolute Gasteiger partial charge is 0.478 e. The number of amides is 2. The van der Waals surface area contributed by atoms with Gasteiger partial charge in [0.2, 0.25) is 0 Å². The number of hydrogen-bond donors (Lipinski definition) is 2. The van der Waals surface area contributed by atoms with E-state index in [9.17, 15) is 9.59 Å². The van der Waals surface area contributed by atoms with Gasteiger partial charge in [-0.25, -0.2) is 9.59 Å². The molecule has 0 radical (unpaired) electrons. The van der Waals surface area contributed by atoms with Crippen LogP contribution in [0.2, 0.25) is 0 Å². The fourth-order valence-corrected chi connectivity index (χ4v) is 1.70. The van der Waals surface area contributed by atoms with E-state index in [4.69, 9.17) is 5.11 Å². The molecule has 0 fully saturated rings. The van der Waals surface area contributed by atoms with Gasteiger partial charge in [0.15, 0.2) is 0 Å². The van der Waals surface area contributed by atoms with Crippen molar-refractivity contribution in [3.8, 4) is 0 Å². The third kappa shape index (κ3) is 3.84. The predicted molar refractivity (Wildman–Crippen MR) is 74.6 cm³/mol. The molecule has 5 nitrogen and oxygen atoms in total. The van der Waals surface area contributed by atoms with Crippen molar-refractivity contribution in [3.63, 3.8) is 0 Å². The second kappa shape index (κ2) is 6.58. The number of urea groups is 1. The van der Waals surface area contributed by atoms with Crippen molar-refractivity contribution in [2.45, 2.75) is 13.8 Å². The summed E-state index contributed by atoms with van der Waals surface area (Å²) in [4.78, 5) is 24.4. The van der Waals surface area contributed by atoms with Gasteiger partial charge in [-0.2, -0.15) is 0 Å². The number of carboxylic acids is 1. The number of carboxylic acid groups (broad SMARTS) is 1. The number of nitrogens with one attached hydrogen (secondary N) is 1. The topological polar surface area (TPSA) is 69.6 Å². The second-order valence-electron chi connectivity index (χ2n) is 4.09. The van der Waals surface area contributed by atoms with Crippen molar-refractivity contribution in [2.24, 2.45) is 0 Å². The van der Waals surface area contributed by atoms with E-state index in [0.717, 1.165) is 0 Å². The molecule has 0 aliphatic heterocycles. The first kappa shape index (κ1) is 14.8. The molecule has 0 spiro atoms. The van der Waals surface area contributed by atoms with Crippen molar-refractivity contribution in [3.05, 3.63) is 42.0 Å². The monoisotopic (exact) mass is 262 g/mol. The summed E-state index contributed by atoms with van der Waals surface area (Å²) in [5, 5.41) is 11.7. The Morgan fingerprint density at radius 2 is 2.16 bits per heavy atom. The Bertz CT molecular complexity index is 497. The summed E-state index contributed by atoms with van der Waals surface area (Å²) >= 11 is 0. The highest BCUT2D eigenvalue weighted by Crippen LogP contribution is 2.15. The molecule has 0 bridgehead atoms. The lowest BCUT2D eigenvalue weighted by molar-refractivity contribution is 0.0696. The molecule has 1 rings (SSSR count). The molecule has 5 heteroatoms. The van der Waals surface area contributed by atoms with Crippen LogP contribution in [0.25, 0.3) is 0 Å². The SMILES string of the molecule is C=CCN(CC)C(=O)Nc1ccc(C(=O)O)c(C)c1. The van der Waals surface area contributed by atoms with E-state index in [1.165, 1.54) is 6.07 Å². The van der Waals surface area contributed by atoms with E-state index >= 15 is 0 Å². The molecule has 0 heterocycles. The molecule has 0 saturated heterocycles. The van der Waals surface area contributed by atoms with Crippen molar-refractivity contribution in [1.82, 2.24) is 4.90 Å². The summed E-state index contributed by atoms with van der Waals surface area (Å²) in [5.74, 6) is -0.975. The third-order valence-corrected chi connectivity index (χ3v) is 2.73. The van der Waals surface area contributed by atoms with Crippen LogP contribution in [0.3, 0.4) is 0 Å². The normalized spacial score (nSPS) is 9.79. The van der Waals surface area contributed by atoms with Crippen LogP contribution in [-0.2, 0) is 0 Å². The number of nitrogens with zero attached hydrogens (tertiary/aromatic N) is 1. The summed E-state index contributed by atoms with van der Waals surface area (Å²) in [6.07, 6.45) is 1.65. The zero-order valence-corrected chi connectivity index (χ0v) is 11.1. The van der Waals surface area contributed by atoms with Crippen LogP contribution >= 0.6 is 0 Å². The quantitative estimate of drug-likeness (QED) is 0.801. The lowest BCUT2D eigenvalue weighted by atomic mass is 10.1. The van der Waals surface area contributed by atoms with Crippen LogP contribution in [0.1, 0.15) is 22.8 Å². The Morgan fingerprint density at radius 3 is 2.63 bits per heavy atom. The van der Waals surface area contributed by atoms with Crippen LogP contribution in [0.5, 0.6) is 0 Å². The number of hydrogen-bond acceptors (Lipinski definition) is 2. The van der Waals surface area contributed by atoms with Crippen LogP contribution < -0.4 is 5.32 Å². The van der Waals surface area contributed by atoms with Crippen molar-refractivity contribution in [1.29, 1.82) is 0 Å². The number of carbonyl (C=O) groups excluding carboxylic acids is 1. The number of rotatable bonds is 5. The van der Waals surface area contributed by atoms with Crippen LogP contribution in [0, 0.1) is 6.92 Å². The highest BCUT2D eigenvalue weighted by atomic mass is 16.4. The zero-order chi connectivity index (χ0) is 14.4. The molecular formula is C14H18N2O3. The van der Waals surface area contributed by atoms with Gasteiger partial charge >= 0.3 is 12.0 Å². The van der Waals surface area contributed by atoms with Crippen molar-refractivity contribution in [2.75, 3.05) is 18.4 Å². The molecule has 2 N–H and O–H groups in total. The maximum atomic E-state index is 11.9. The smallest absolute Gasteiger partial charge is 0.335 e. The van der Waals surface area contributed by atoms with Crippen LogP contribution in [0.4, 0.5) is 10.5 Å². The van der Waals surface area contributed by atoms with Gasteiger partial charge in [-0.3, -0.25) is 0 Å². The van der Waals surface area contributed by atoms with Crippen molar-refractivity contribution < 1.29 is 14.7 Å². The first-order chi connectivity index (χ1) is 8.99. The lowest BCUT2D eigenvalue weighted by Gasteiger charge is -2.19. The lowest BCUT2D eigenvalue weighted by Crippen LogP contribution is -2.34.